The zero-order valence-corrected chi connectivity index (χ0v) is 14.5. The van der Waals surface area contributed by atoms with Gasteiger partial charge in [-0.25, -0.2) is 0 Å². The molecule has 0 aromatic carbocycles. The lowest BCUT2D eigenvalue weighted by atomic mass is 10.3. The summed E-state index contributed by atoms with van der Waals surface area (Å²) in [6, 6.07) is 0. The van der Waals surface area contributed by atoms with E-state index in [0.717, 1.165) is 4.90 Å². The summed E-state index contributed by atoms with van der Waals surface area (Å²) < 4.78 is 10.2. The zero-order chi connectivity index (χ0) is 18.4. The molecule has 1 aliphatic heterocycles. The van der Waals surface area contributed by atoms with Crippen molar-refractivity contribution in [3.63, 3.8) is 0 Å². The maximum atomic E-state index is 11.5. The molecule has 1 rings (SSSR count). The Balaban J connectivity index is 0.00000254. The molecule has 0 aromatic heterocycles. The molecule has 1 aliphatic rings. The zero-order valence-electron chi connectivity index (χ0n) is 14.5. The first kappa shape index (κ1) is 21.9. The molecule has 3 amide bonds. The molecule has 0 aromatic rings. The van der Waals surface area contributed by atoms with E-state index in [9.17, 15) is 19.2 Å². The van der Waals surface area contributed by atoms with Crippen molar-refractivity contribution in [1.29, 1.82) is 0 Å². The number of imide groups is 1. The maximum absolute atomic E-state index is 11.5. The molecule has 0 saturated heterocycles. The monoisotopic (exact) mass is 342 g/mol. The summed E-state index contributed by atoms with van der Waals surface area (Å²) in [4.78, 5) is 45.6. The highest BCUT2D eigenvalue weighted by atomic mass is 16.5. The molecule has 0 unspecified atom stereocenters. The molecule has 0 fully saturated rings. The van der Waals surface area contributed by atoms with Crippen LogP contribution in [0, 0.1) is 0 Å². The average Bonchev–Trinajstić information content (AvgIpc) is 2.88. The van der Waals surface area contributed by atoms with Gasteiger partial charge in [-0.1, -0.05) is 13.8 Å². The summed E-state index contributed by atoms with van der Waals surface area (Å²) in [5.74, 6) is -1.10. The highest BCUT2D eigenvalue weighted by Crippen LogP contribution is 2.03. The number of ether oxygens (including phenoxy) is 2. The van der Waals surface area contributed by atoms with Crippen molar-refractivity contribution >= 4 is 23.5 Å². The Kier molecular flexibility index (Phi) is 12.2. The van der Waals surface area contributed by atoms with Crippen LogP contribution in [0.3, 0.4) is 0 Å². The van der Waals surface area contributed by atoms with E-state index in [2.05, 4.69) is 5.32 Å². The number of nitrogens with zero attached hydrogens (tertiary/aromatic N) is 1. The fourth-order valence-electron chi connectivity index (χ4n) is 1.65. The third-order valence-corrected chi connectivity index (χ3v) is 2.71. The Hall–Kier alpha value is -2.06. The van der Waals surface area contributed by atoms with Crippen LogP contribution >= 0.6 is 0 Å². The van der Waals surface area contributed by atoms with Crippen LogP contribution in [0.25, 0.3) is 0 Å². The summed E-state index contributed by atoms with van der Waals surface area (Å²) in [7, 11) is 0. The normalized spacial score (nSPS) is 12.9. The van der Waals surface area contributed by atoms with Gasteiger partial charge in [0.1, 0.15) is 6.61 Å². The van der Waals surface area contributed by atoms with E-state index in [0.29, 0.717) is 26.4 Å². The van der Waals surface area contributed by atoms with Crippen molar-refractivity contribution in [2.45, 2.75) is 27.2 Å². The predicted octanol–water partition coefficient (Wildman–Crippen LogP) is 0.0661. The van der Waals surface area contributed by atoms with Gasteiger partial charge >= 0.3 is 0 Å². The lowest BCUT2D eigenvalue weighted by Gasteiger charge is -2.13. The molecule has 1 heterocycles. The largest absolute Gasteiger partial charge is 0.377 e. The van der Waals surface area contributed by atoms with Crippen LogP contribution in [0.15, 0.2) is 12.2 Å². The van der Waals surface area contributed by atoms with Gasteiger partial charge in [-0.05, 0) is 6.92 Å². The molecule has 0 atom stereocenters. The first-order chi connectivity index (χ1) is 11.5. The molecule has 8 heteroatoms. The number of hydrogen-bond donors (Lipinski definition) is 1. The molecule has 0 spiro atoms. The Bertz CT molecular complexity index is 443. The van der Waals surface area contributed by atoms with Crippen LogP contribution in [0.2, 0.25) is 0 Å². The third kappa shape index (κ3) is 9.86. The summed E-state index contributed by atoms with van der Waals surface area (Å²) in [6.07, 6.45) is 2.42. The molecular formula is C16H26N2O6. The van der Waals surface area contributed by atoms with Crippen LogP contribution < -0.4 is 5.32 Å². The van der Waals surface area contributed by atoms with E-state index < -0.39 is 11.8 Å². The maximum Gasteiger partial charge on any atom is 0.253 e. The van der Waals surface area contributed by atoms with Gasteiger partial charge < -0.3 is 14.8 Å². The summed E-state index contributed by atoms with van der Waals surface area (Å²) in [5, 5.41) is 2.62. The molecule has 0 radical (unpaired) electrons. The van der Waals surface area contributed by atoms with Gasteiger partial charge in [-0.3, -0.25) is 24.1 Å². The number of carbonyl (C=O) groups is 4. The number of carbonyl (C=O) groups excluding carboxylic acids is 4. The number of ketones is 1. The average molecular weight is 342 g/mol. The minimum absolute atomic E-state index is 0.0440. The highest BCUT2D eigenvalue weighted by Gasteiger charge is 2.23. The van der Waals surface area contributed by atoms with Crippen molar-refractivity contribution in [3.05, 3.63) is 12.2 Å². The molecule has 8 nitrogen and oxygen atoms in total. The van der Waals surface area contributed by atoms with E-state index in [1.807, 2.05) is 13.8 Å². The summed E-state index contributed by atoms with van der Waals surface area (Å²) >= 11 is 0. The van der Waals surface area contributed by atoms with Gasteiger partial charge in [0.05, 0.1) is 19.8 Å². The smallest absolute Gasteiger partial charge is 0.253 e. The van der Waals surface area contributed by atoms with Crippen LogP contribution in [0.4, 0.5) is 0 Å². The highest BCUT2D eigenvalue weighted by molar-refractivity contribution is 6.13. The molecule has 1 N–H and O–H groups in total. The second-order valence-electron chi connectivity index (χ2n) is 4.63. The second kappa shape index (κ2) is 13.4. The Morgan fingerprint density at radius 1 is 1.04 bits per heavy atom. The quantitative estimate of drug-likeness (QED) is 0.421. The van der Waals surface area contributed by atoms with E-state index in [1.54, 1.807) is 0 Å². The first-order valence-electron chi connectivity index (χ1n) is 7.96. The van der Waals surface area contributed by atoms with Crippen molar-refractivity contribution in [1.82, 2.24) is 10.2 Å². The van der Waals surface area contributed by atoms with Gasteiger partial charge in [0, 0.05) is 31.7 Å². The van der Waals surface area contributed by atoms with E-state index in [-0.39, 0.29) is 31.3 Å². The summed E-state index contributed by atoms with van der Waals surface area (Å²) in [5.41, 5.74) is 0. The van der Waals surface area contributed by atoms with Crippen molar-refractivity contribution in [2.75, 3.05) is 39.5 Å². The van der Waals surface area contributed by atoms with Crippen LogP contribution in [0.5, 0.6) is 0 Å². The van der Waals surface area contributed by atoms with E-state index in [4.69, 9.17) is 9.47 Å². The molecule has 0 saturated carbocycles. The number of amides is 3. The van der Waals surface area contributed by atoms with Crippen LogP contribution in [0.1, 0.15) is 27.2 Å². The van der Waals surface area contributed by atoms with E-state index in [1.165, 1.54) is 19.1 Å². The van der Waals surface area contributed by atoms with Crippen molar-refractivity contribution in [2.24, 2.45) is 0 Å². The molecule has 136 valence electrons. The van der Waals surface area contributed by atoms with Crippen LogP contribution in [-0.4, -0.2) is 67.9 Å². The van der Waals surface area contributed by atoms with Crippen molar-refractivity contribution < 1.29 is 28.7 Å². The number of Topliss-reactive ketones (excluding diaryl/α,β-unsaturated/α-hetero) is 1. The summed E-state index contributed by atoms with van der Waals surface area (Å²) in [6.45, 7) is 6.88. The molecule has 0 bridgehead atoms. The number of hydrogen-bond acceptors (Lipinski definition) is 6. The third-order valence-electron chi connectivity index (χ3n) is 2.71. The van der Waals surface area contributed by atoms with Gasteiger partial charge in [-0.2, -0.15) is 0 Å². The molecule has 24 heavy (non-hydrogen) atoms. The SMILES string of the molecule is CC.CC(=O)COCCOCCNC(=O)CCN1C(=O)C=CC1=O. The fourth-order valence-corrected chi connectivity index (χ4v) is 1.65. The van der Waals surface area contributed by atoms with Gasteiger partial charge in [0.15, 0.2) is 5.78 Å². The lowest BCUT2D eigenvalue weighted by Crippen LogP contribution is -2.35. The minimum Gasteiger partial charge on any atom is -0.377 e. The first-order valence-corrected chi connectivity index (χ1v) is 7.96. The second-order valence-corrected chi connectivity index (χ2v) is 4.63. The molecular weight excluding hydrogens is 316 g/mol. The van der Waals surface area contributed by atoms with Gasteiger partial charge in [-0.15, -0.1) is 0 Å². The predicted molar refractivity (Wildman–Crippen MR) is 87.2 cm³/mol. The Labute approximate surface area is 142 Å². The fraction of sp³-hybridized carbons (Fsp3) is 0.625. The van der Waals surface area contributed by atoms with Crippen molar-refractivity contribution in [3.8, 4) is 0 Å². The Morgan fingerprint density at radius 3 is 2.21 bits per heavy atom. The topological polar surface area (TPSA) is 102 Å². The van der Waals surface area contributed by atoms with E-state index >= 15 is 0 Å². The number of nitrogens with one attached hydrogen (secondary N) is 1. The minimum atomic E-state index is -0.397. The Morgan fingerprint density at radius 2 is 1.62 bits per heavy atom. The molecule has 0 aliphatic carbocycles. The standard InChI is InChI=1S/C14H20N2O6.C2H6/c1-11(17)10-22-9-8-21-7-5-15-12(18)4-6-16-13(19)2-3-14(16)20;1-2/h2-3H,4-10H2,1H3,(H,15,18);1-2H3. The van der Waals surface area contributed by atoms with Gasteiger partial charge in [0.25, 0.3) is 11.8 Å². The number of rotatable bonds is 11. The lowest BCUT2D eigenvalue weighted by molar-refractivity contribution is -0.137. The van der Waals surface area contributed by atoms with Gasteiger partial charge in [0.2, 0.25) is 5.91 Å². The van der Waals surface area contributed by atoms with Crippen LogP contribution in [-0.2, 0) is 28.7 Å².